The maximum absolute atomic E-state index is 5.47. The van der Waals surface area contributed by atoms with Gasteiger partial charge in [-0.15, -0.1) is 0 Å². The quantitative estimate of drug-likeness (QED) is 0.537. The van der Waals surface area contributed by atoms with E-state index in [2.05, 4.69) is 10.4 Å². The van der Waals surface area contributed by atoms with Gasteiger partial charge in [-0.2, -0.15) is 4.98 Å². The molecule has 1 aromatic heterocycles. The fraction of sp³-hybridized carbons (Fsp3) is 0.444. The Morgan fingerprint density at radius 2 is 2.38 bits per heavy atom. The lowest BCUT2D eigenvalue weighted by Gasteiger charge is -2.05. The minimum atomic E-state index is 0.633. The first kappa shape index (κ1) is 8.31. The van der Waals surface area contributed by atoms with E-state index in [1.807, 2.05) is 12.1 Å². The van der Waals surface area contributed by atoms with E-state index in [1.165, 1.54) is 12.8 Å². The molecular formula is C9H13N3O. The molecule has 0 saturated heterocycles. The van der Waals surface area contributed by atoms with Gasteiger partial charge in [0.25, 0.3) is 0 Å². The highest BCUT2D eigenvalue weighted by atomic mass is 16.5. The molecule has 0 spiro atoms. The molecule has 1 fully saturated rings. The number of nitrogens with two attached hydrogens (primary N) is 1. The number of aromatic nitrogens is 1. The van der Waals surface area contributed by atoms with Crippen molar-refractivity contribution >= 4 is 5.82 Å². The third kappa shape index (κ3) is 2.32. The van der Waals surface area contributed by atoms with Crippen LogP contribution >= 0.6 is 0 Å². The summed E-state index contributed by atoms with van der Waals surface area (Å²) in [6, 6.07) is 5.50. The molecule has 0 radical (unpaired) electrons. The molecule has 70 valence electrons. The number of nitrogens with one attached hydrogen (secondary N) is 1. The monoisotopic (exact) mass is 179 g/mol. The molecule has 1 heterocycles. The summed E-state index contributed by atoms with van der Waals surface area (Å²) in [4.78, 5) is 4.13. The smallest absolute Gasteiger partial charge is 0.215 e. The Labute approximate surface area is 77.1 Å². The van der Waals surface area contributed by atoms with Crippen molar-refractivity contribution in [3.05, 3.63) is 18.2 Å². The zero-order valence-electron chi connectivity index (χ0n) is 7.36. The van der Waals surface area contributed by atoms with Gasteiger partial charge in [0.1, 0.15) is 5.82 Å². The van der Waals surface area contributed by atoms with Crippen molar-refractivity contribution in [2.75, 3.05) is 12.0 Å². The highest BCUT2D eigenvalue weighted by molar-refractivity contribution is 5.35. The number of hydrogen-bond donors (Lipinski definition) is 2. The molecule has 13 heavy (non-hydrogen) atoms. The van der Waals surface area contributed by atoms with Gasteiger partial charge in [0.2, 0.25) is 5.88 Å². The van der Waals surface area contributed by atoms with Crippen LogP contribution in [0.25, 0.3) is 0 Å². The van der Waals surface area contributed by atoms with Gasteiger partial charge >= 0.3 is 0 Å². The molecule has 3 N–H and O–H groups in total. The van der Waals surface area contributed by atoms with Gasteiger partial charge in [-0.1, -0.05) is 6.07 Å². The summed E-state index contributed by atoms with van der Waals surface area (Å²) in [5, 5.41) is 0. The zero-order chi connectivity index (χ0) is 9.10. The van der Waals surface area contributed by atoms with Crippen molar-refractivity contribution in [1.82, 2.24) is 4.98 Å². The number of rotatable bonds is 4. The highest BCUT2D eigenvalue weighted by Gasteiger charge is 2.21. The first-order chi connectivity index (χ1) is 6.38. The number of pyridine rings is 1. The van der Waals surface area contributed by atoms with Crippen LogP contribution < -0.4 is 16.0 Å². The number of ether oxygens (including phenoxy) is 1. The van der Waals surface area contributed by atoms with E-state index >= 15 is 0 Å². The van der Waals surface area contributed by atoms with E-state index in [0.717, 1.165) is 12.5 Å². The van der Waals surface area contributed by atoms with Crippen LogP contribution in [0.2, 0.25) is 0 Å². The van der Waals surface area contributed by atoms with E-state index in [-0.39, 0.29) is 0 Å². The van der Waals surface area contributed by atoms with Gasteiger partial charge in [-0.05, 0) is 24.8 Å². The van der Waals surface area contributed by atoms with E-state index in [0.29, 0.717) is 11.7 Å². The molecular weight excluding hydrogens is 166 g/mol. The van der Waals surface area contributed by atoms with Crippen LogP contribution in [0.1, 0.15) is 12.8 Å². The number of hydrogen-bond acceptors (Lipinski definition) is 4. The maximum atomic E-state index is 5.47. The fourth-order valence-electron chi connectivity index (χ4n) is 1.06. The van der Waals surface area contributed by atoms with E-state index in [4.69, 9.17) is 10.6 Å². The number of anilines is 1. The molecule has 4 heteroatoms. The first-order valence-electron chi connectivity index (χ1n) is 4.45. The largest absolute Gasteiger partial charge is 0.477 e. The third-order valence-corrected chi connectivity index (χ3v) is 2.04. The van der Waals surface area contributed by atoms with Gasteiger partial charge in [0, 0.05) is 6.07 Å². The first-order valence-corrected chi connectivity index (χ1v) is 4.45. The summed E-state index contributed by atoms with van der Waals surface area (Å²) in [6.45, 7) is 0.779. The van der Waals surface area contributed by atoms with Crippen molar-refractivity contribution in [2.45, 2.75) is 12.8 Å². The highest BCUT2D eigenvalue weighted by Crippen LogP contribution is 2.29. The molecule has 1 aliphatic rings. The fourth-order valence-corrected chi connectivity index (χ4v) is 1.06. The van der Waals surface area contributed by atoms with Crippen molar-refractivity contribution in [2.24, 2.45) is 11.8 Å². The van der Waals surface area contributed by atoms with Crippen molar-refractivity contribution < 1.29 is 4.74 Å². The summed E-state index contributed by atoms with van der Waals surface area (Å²) < 4.78 is 5.47. The molecule has 0 aromatic carbocycles. The Balaban J connectivity index is 1.93. The lowest BCUT2D eigenvalue weighted by molar-refractivity contribution is 0.289. The predicted molar refractivity (Wildman–Crippen MR) is 50.3 cm³/mol. The predicted octanol–water partition coefficient (Wildman–Crippen LogP) is 1.16. The molecule has 1 saturated carbocycles. The molecule has 1 aromatic rings. The standard InChI is InChI=1S/C9H13N3O/c10-12-8-2-1-3-9(11-8)13-6-7-4-5-7/h1-3,7H,4-6,10H2,(H,11,12). The molecule has 0 aliphatic heterocycles. The van der Waals surface area contributed by atoms with Gasteiger partial charge in [0.15, 0.2) is 0 Å². The SMILES string of the molecule is NNc1cccc(OCC2CC2)n1. The normalized spacial score (nSPS) is 15.5. The number of nitrogens with zero attached hydrogens (tertiary/aromatic N) is 1. The Hall–Kier alpha value is -1.29. The molecule has 2 rings (SSSR count). The minimum Gasteiger partial charge on any atom is -0.477 e. The third-order valence-electron chi connectivity index (χ3n) is 2.04. The van der Waals surface area contributed by atoms with Gasteiger partial charge < -0.3 is 10.2 Å². The molecule has 0 amide bonds. The Morgan fingerprint density at radius 1 is 1.54 bits per heavy atom. The number of nitrogen functional groups attached to an aromatic ring is 1. The topological polar surface area (TPSA) is 60.2 Å². The van der Waals surface area contributed by atoms with Crippen LogP contribution in [0, 0.1) is 5.92 Å². The van der Waals surface area contributed by atoms with Crippen molar-refractivity contribution in [3.8, 4) is 5.88 Å². The summed E-state index contributed by atoms with van der Waals surface area (Å²) >= 11 is 0. The summed E-state index contributed by atoms with van der Waals surface area (Å²) in [6.07, 6.45) is 2.57. The van der Waals surface area contributed by atoms with E-state index < -0.39 is 0 Å². The summed E-state index contributed by atoms with van der Waals surface area (Å²) in [7, 11) is 0. The second kappa shape index (κ2) is 3.62. The van der Waals surface area contributed by atoms with Crippen LogP contribution in [0.4, 0.5) is 5.82 Å². The Bertz CT molecular complexity index is 286. The van der Waals surface area contributed by atoms with E-state index in [9.17, 15) is 0 Å². The van der Waals surface area contributed by atoms with Crippen LogP contribution in [-0.2, 0) is 0 Å². The average molecular weight is 179 g/mol. The maximum Gasteiger partial charge on any atom is 0.215 e. The van der Waals surface area contributed by atoms with Crippen LogP contribution in [0.15, 0.2) is 18.2 Å². The van der Waals surface area contributed by atoms with E-state index in [1.54, 1.807) is 6.07 Å². The van der Waals surface area contributed by atoms with Crippen molar-refractivity contribution in [1.29, 1.82) is 0 Å². The summed E-state index contributed by atoms with van der Waals surface area (Å²) in [5.74, 6) is 7.24. The Morgan fingerprint density at radius 3 is 3.08 bits per heavy atom. The molecule has 1 aliphatic carbocycles. The molecule has 0 unspecified atom stereocenters. The second-order valence-corrected chi connectivity index (χ2v) is 3.26. The van der Waals surface area contributed by atoms with Crippen LogP contribution in [-0.4, -0.2) is 11.6 Å². The molecule has 4 nitrogen and oxygen atoms in total. The second-order valence-electron chi connectivity index (χ2n) is 3.26. The van der Waals surface area contributed by atoms with Gasteiger partial charge in [-0.25, -0.2) is 5.84 Å². The lowest BCUT2D eigenvalue weighted by Crippen LogP contribution is -2.09. The average Bonchev–Trinajstić information content (AvgIpc) is 2.99. The number of hydrazine groups is 1. The van der Waals surface area contributed by atoms with Crippen molar-refractivity contribution in [3.63, 3.8) is 0 Å². The molecule has 0 bridgehead atoms. The Kier molecular flexibility index (Phi) is 2.31. The van der Waals surface area contributed by atoms with Crippen LogP contribution in [0.3, 0.4) is 0 Å². The molecule has 0 atom stereocenters. The lowest BCUT2D eigenvalue weighted by atomic mass is 10.4. The van der Waals surface area contributed by atoms with Gasteiger partial charge in [-0.3, -0.25) is 0 Å². The van der Waals surface area contributed by atoms with Gasteiger partial charge in [0.05, 0.1) is 6.61 Å². The summed E-state index contributed by atoms with van der Waals surface area (Å²) in [5.41, 5.74) is 2.48. The zero-order valence-corrected chi connectivity index (χ0v) is 7.36. The minimum absolute atomic E-state index is 0.633. The van der Waals surface area contributed by atoms with Crippen LogP contribution in [0.5, 0.6) is 5.88 Å².